The van der Waals surface area contributed by atoms with Crippen LogP contribution in [0.15, 0.2) is 48.5 Å². The summed E-state index contributed by atoms with van der Waals surface area (Å²) in [6.07, 6.45) is -10.4. The molecule has 12 rings (SSSR count). The number of hydrogen-bond acceptors (Lipinski definition) is 3. The second-order valence-corrected chi connectivity index (χ2v) is 15.4. The molecule has 0 spiro atoms. The summed E-state index contributed by atoms with van der Waals surface area (Å²) in [4.78, 5) is 0. The standard InChI is InChI=1S/C34H28F6O3/c35-33(36,37)31-23-15-9-16(20-19(15)27-11-5-1-2-6-12(11)28(20)41-27)24(23)32(43-31,34(38,39)40)26-18-10-17(25(26)31)21-22(18)30-14-8-4-3-7-13(14)29(21)42-30/h1-8,15-30H,9-10H2/t15-,16+,17+,18-,19-,20+,21+,22-,23-,24+,25+,26-,27-,28+,29+,30-,31?,32?. The molecule has 6 aliphatic heterocycles. The first-order valence-corrected chi connectivity index (χ1v) is 15.9. The summed E-state index contributed by atoms with van der Waals surface area (Å²) in [6.45, 7) is 0. The Morgan fingerprint density at radius 1 is 0.488 bits per heavy atom. The first kappa shape index (κ1) is 24.2. The zero-order valence-electron chi connectivity index (χ0n) is 22.8. The minimum Gasteiger partial charge on any atom is -0.365 e. The molecule has 6 heterocycles. The van der Waals surface area contributed by atoms with Gasteiger partial charge in [-0.05, 0) is 82.4 Å². The Morgan fingerprint density at radius 2 is 0.767 bits per heavy atom. The van der Waals surface area contributed by atoms with Crippen molar-refractivity contribution in [2.24, 2.45) is 71.0 Å². The Balaban J connectivity index is 1.06. The van der Waals surface area contributed by atoms with Crippen molar-refractivity contribution in [3.8, 4) is 0 Å². The van der Waals surface area contributed by atoms with E-state index in [1.165, 1.54) is 0 Å². The van der Waals surface area contributed by atoms with Crippen molar-refractivity contribution in [3.05, 3.63) is 70.8 Å². The molecule has 224 valence electrons. The van der Waals surface area contributed by atoms with Crippen LogP contribution in [0.4, 0.5) is 26.3 Å². The molecule has 0 N–H and O–H groups in total. The Morgan fingerprint density at radius 3 is 1.02 bits per heavy atom. The average molecular weight is 599 g/mol. The predicted molar refractivity (Wildman–Crippen MR) is 136 cm³/mol. The SMILES string of the molecule is FC(F)(F)C12OC(C(F)(F)F)([C@@H]3[C@@H]4C[C@@H]([C@H]5[C@@H]4[C@@H]4O[C@H]5c5ccccc54)[C@@H]31)[C@H]1[C@H]3C[C@H]([C@@H]4[C@H]3[C@H]3O[C@@H]4c4ccccc43)[C@H]12. The average Bonchev–Trinajstić information content (AvgIpc) is 3.81. The van der Waals surface area contributed by atoms with Gasteiger partial charge in [-0.25, -0.2) is 0 Å². The van der Waals surface area contributed by atoms with E-state index < -0.39 is 70.9 Å². The Hall–Kier alpha value is -2.10. The monoisotopic (exact) mass is 598 g/mol. The van der Waals surface area contributed by atoms with E-state index >= 15 is 26.3 Å². The Kier molecular flexibility index (Phi) is 3.77. The second-order valence-electron chi connectivity index (χ2n) is 15.4. The maximum atomic E-state index is 15.9. The van der Waals surface area contributed by atoms with Gasteiger partial charge >= 0.3 is 12.4 Å². The molecule has 8 fully saturated rings. The summed E-state index contributed by atoms with van der Waals surface area (Å²) in [5.74, 6) is -7.54. The number of ether oxygens (including phenoxy) is 3. The predicted octanol–water partition coefficient (Wildman–Crippen LogP) is 7.51. The maximum absolute atomic E-state index is 15.9. The van der Waals surface area contributed by atoms with Crippen LogP contribution in [-0.2, 0) is 14.2 Å². The Bertz CT molecular complexity index is 1440. The third kappa shape index (κ3) is 2.13. The van der Waals surface area contributed by atoms with E-state index in [1.807, 2.05) is 48.5 Å². The lowest BCUT2D eigenvalue weighted by molar-refractivity contribution is -0.330. The lowest BCUT2D eigenvalue weighted by Crippen LogP contribution is -2.66. The minimum atomic E-state index is -4.91. The van der Waals surface area contributed by atoms with E-state index in [0.29, 0.717) is 12.8 Å². The highest BCUT2D eigenvalue weighted by Gasteiger charge is 2.97. The van der Waals surface area contributed by atoms with Gasteiger partial charge in [0.05, 0.1) is 24.4 Å². The molecular formula is C34H28F6O3. The molecule has 0 radical (unpaired) electrons. The topological polar surface area (TPSA) is 27.7 Å². The lowest BCUT2D eigenvalue weighted by atomic mass is 9.45. The quantitative estimate of drug-likeness (QED) is 0.294. The van der Waals surface area contributed by atoms with Crippen molar-refractivity contribution in [1.82, 2.24) is 0 Å². The summed E-state index contributed by atoms with van der Waals surface area (Å²) >= 11 is 0. The van der Waals surface area contributed by atoms with Gasteiger partial charge in [0.1, 0.15) is 0 Å². The van der Waals surface area contributed by atoms with Gasteiger partial charge in [-0.3, -0.25) is 0 Å². The highest BCUT2D eigenvalue weighted by atomic mass is 19.4. The molecule has 0 amide bonds. The van der Waals surface area contributed by atoms with Crippen molar-refractivity contribution in [2.45, 2.75) is 60.8 Å². The van der Waals surface area contributed by atoms with E-state index in [-0.39, 0.29) is 48.1 Å². The van der Waals surface area contributed by atoms with E-state index in [0.717, 1.165) is 22.3 Å². The normalized spacial score (nSPS) is 57.7. The van der Waals surface area contributed by atoms with Crippen molar-refractivity contribution >= 4 is 0 Å². The van der Waals surface area contributed by atoms with Gasteiger partial charge in [-0.15, -0.1) is 0 Å². The Labute approximate surface area is 243 Å². The smallest absolute Gasteiger partial charge is 0.365 e. The van der Waals surface area contributed by atoms with Crippen LogP contribution in [0.3, 0.4) is 0 Å². The molecular weight excluding hydrogens is 570 g/mol. The molecule has 43 heavy (non-hydrogen) atoms. The van der Waals surface area contributed by atoms with Gasteiger partial charge in [0.15, 0.2) is 11.2 Å². The van der Waals surface area contributed by atoms with Crippen molar-refractivity contribution in [2.75, 3.05) is 0 Å². The highest BCUT2D eigenvalue weighted by Crippen LogP contribution is 2.89. The summed E-state index contributed by atoms with van der Waals surface area (Å²) in [5.41, 5.74) is -1.54. The summed E-state index contributed by atoms with van der Waals surface area (Å²) in [7, 11) is 0. The molecule has 9 heteroatoms. The summed E-state index contributed by atoms with van der Waals surface area (Å²) in [6, 6.07) is 15.6. The molecule has 2 aromatic carbocycles. The molecule has 3 nitrogen and oxygen atoms in total. The van der Waals surface area contributed by atoms with Gasteiger partial charge < -0.3 is 14.2 Å². The molecule has 2 unspecified atom stereocenters. The first-order chi connectivity index (χ1) is 20.6. The van der Waals surface area contributed by atoms with E-state index in [9.17, 15) is 0 Å². The van der Waals surface area contributed by atoms with E-state index in [4.69, 9.17) is 14.2 Å². The number of halogens is 6. The largest absolute Gasteiger partial charge is 0.418 e. The van der Waals surface area contributed by atoms with Gasteiger partial charge in [0, 0.05) is 23.7 Å². The molecule has 2 aromatic rings. The van der Waals surface area contributed by atoms with Crippen LogP contribution in [0.5, 0.6) is 0 Å². The highest BCUT2D eigenvalue weighted by molar-refractivity contribution is 5.46. The number of rotatable bonds is 0. The van der Waals surface area contributed by atoms with Crippen LogP contribution < -0.4 is 0 Å². The number of fused-ring (bicyclic) bond motifs is 36. The van der Waals surface area contributed by atoms with Crippen LogP contribution in [0.2, 0.25) is 0 Å². The maximum Gasteiger partial charge on any atom is 0.418 e. The van der Waals surface area contributed by atoms with Gasteiger partial charge in [-0.2, -0.15) is 26.3 Å². The van der Waals surface area contributed by atoms with Crippen molar-refractivity contribution < 1.29 is 40.6 Å². The van der Waals surface area contributed by atoms with E-state index in [2.05, 4.69) is 0 Å². The van der Waals surface area contributed by atoms with Gasteiger partial charge in [0.25, 0.3) is 0 Å². The van der Waals surface area contributed by atoms with Crippen LogP contribution >= 0.6 is 0 Å². The third-order valence-electron chi connectivity index (χ3n) is 15.0. The van der Waals surface area contributed by atoms with Crippen LogP contribution in [0.1, 0.15) is 59.5 Å². The van der Waals surface area contributed by atoms with E-state index in [1.54, 1.807) is 0 Å². The molecule has 10 bridgehead atoms. The number of benzene rings is 2. The fraction of sp³-hybridized carbons (Fsp3) is 0.647. The fourth-order valence-corrected chi connectivity index (χ4v) is 14.8. The minimum absolute atomic E-state index is 0.193. The number of alkyl halides is 6. The molecule has 0 aromatic heterocycles. The molecule has 10 aliphatic rings. The zero-order chi connectivity index (χ0) is 28.7. The van der Waals surface area contributed by atoms with Gasteiger partial charge in [0.2, 0.25) is 0 Å². The lowest BCUT2D eigenvalue weighted by Gasteiger charge is -2.56. The van der Waals surface area contributed by atoms with Crippen molar-refractivity contribution in [3.63, 3.8) is 0 Å². The van der Waals surface area contributed by atoms with Gasteiger partial charge in [-0.1, -0.05) is 48.5 Å². The molecule has 18 atom stereocenters. The van der Waals surface area contributed by atoms with Crippen LogP contribution in [0.25, 0.3) is 0 Å². The van der Waals surface area contributed by atoms with Crippen LogP contribution in [-0.4, -0.2) is 23.6 Å². The molecule has 4 saturated carbocycles. The second kappa shape index (κ2) is 6.70. The molecule has 4 saturated heterocycles. The number of hydrogen-bond donors (Lipinski definition) is 0. The summed E-state index contributed by atoms with van der Waals surface area (Å²) in [5, 5.41) is 0. The third-order valence-corrected chi connectivity index (χ3v) is 15.0. The van der Waals surface area contributed by atoms with Crippen molar-refractivity contribution in [1.29, 1.82) is 0 Å². The zero-order valence-corrected chi connectivity index (χ0v) is 22.8. The fourth-order valence-electron chi connectivity index (χ4n) is 14.8. The summed E-state index contributed by atoms with van der Waals surface area (Å²) < 4.78 is 114. The first-order valence-electron chi connectivity index (χ1n) is 15.9. The van der Waals surface area contributed by atoms with Crippen LogP contribution in [0, 0.1) is 71.0 Å². The molecule has 4 aliphatic carbocycles.